The summed E-state index contributed by atoms with van der Waals surface area (Å²) in [6, 6.07) is 0. The third-order valence-electron chi connectivity index (χ3n) is 11.2. The average Bonchev–Trinajstić information content (AvgIpc) is 2.97. The van der Waals surface area contributed by atoms with Gasteiger partial charge in [0.1, 0.15) is 0 Å². The molecule has 0 atom stereocenters. The Morgan fingerprint density at radius 3 is 0.951 bits per heavy atom. The van der Waals surface area contributed by atoms with Crippen LogP contribution in [0.25, 0.3) is 0 Å². The zero-order chi connectivity index (χ0) is 29.5. The molecule has 0 unspecified atom stereocenters. The number of unbranched alkanes of at least 4 members (excludes halogenated alkanes) is 16. The average molecular weight is 707 g/mol. The first-order valence-corrected chi connectivity index (χ1v) is 21.0. The first-order chi connectivity index (χ1) is 20.0. The van der Waals surface area contributed by atoms with E-state index in [0.717, 1.165) is 11.8 Å². The van der Waals surface area contributed by atoms with Crippen LogP contribution in [0.1, 0.15) is 161 Å². The number of likely N-dealkylation sites (tertiary alicyclic amines) is 2. The third-order valence-corrected chi connectivity index (χ3v) is 12.3. The van der Waals surface area contributed by atoms with E-state index in [1.54, 1.807) is 0 Å². The van der Waals surface area contributed by atoms with E-state index in [1.165, 1.54) is 219 Å². The van der Waals surface area contributed by atoms with Gasteiger partial charge in [-0.3, -0.25) is 0 Å². The first kappa shape index (κ1) is 38.1. The van der Waals surface area contributed by atoms with E-state index >= 15 is 0 Å². The van der Waals surface area contributed by atoms with E-state index in [1.807, 2.05) is 0 Å². The van der Waals surface area contributed by atoms with Crippen LogP contribution in [0, 0.1) is 11.8 Å². The third kappa shape index (κ3) is 19.1. The number of rotatable bonds is 26. The molecule has 4 heteroatoms. The van der Waals surface area contributed by atoms with Crippen LogP contribution in [-0.4, -0.2) is 73.0 Å². The molecule has 0 bridgehead atoms. The van der Waals surface area contributed by atoms with Crippen LogP contribution in [0.5, 0.6) is 0 Å². The maximum absolute atomic E-state index is 3.54. The Balaban J connectivity index is 1.41. The van der Waals surface area contributed by atoms with Crippen molar-refractivity contribution in [1.29, 1.82) is 0 Å². The Labute approximate surface area is 276 Å². The van der Waals surface area contributed by atoms with Gasteiger partial charge in [0.25, 0.3) is 0 Å². The summed E-state index contributed by atoms with van der Waals surface area (Å²) < 4.78 is 2.75. The molecule has 2 heterocycles. The predicted molar refractivity (Wildman–Crippen MR) is 192 cm³/mol. The zero-order valence-electron chi connectivity index (χ0n) is 28.1. The second-order valence-corrected chi connectivity index (χ2v) is 16.7. The first-order valence-electron chi connectivity index (χ1n) is 18.8. The largest absolute Gasteiger partial charge is 0.326 e. The molecule has 0 saturated carbocycles. The molecule has 2 nitrogen and oxygen atoms in total. The van der Waals surface area contributed by atoms with Gasteiger partial charge in [-0.1, -0.05) is 128 Å². The molecule has 0 N–H and O–H groups in total. The van der Waals surface area contributed by atoms with Crippen molar-refractivity contribution in [2.75, 3.05) is 64.0 Å². The Morgan fingerprint density at radius 1 is 0.390 bits per heavy atom. The Hall–Kier alpha value is 0.880. The molecule has 0 aromatic rings. The molecule has 2 saturated heterocycles. The standard InChI is InChI=1S/C37H74Br2N2/c1-40(30-19-15-11-7-3-5-9-13-17-28-38)32-24-36(25-33-40)22-21-23-37-26-34-41(2,35-27-37)31-20-16-12-8-4-6-10-14-18-29-39/h36-37H,3-35H2,1-2H3/q+2. The number of hydrogen-bond acceptors (Lipinski definition) is 0. The van der Waals surface area contributed by atoms with Crippen molar-refractivity contribution in [3.63, 3.8) is 0 Å². The van der Waals surface area contributed by atoms with Gasteiger partial charge < -0.3 is 8.97 Å². The van der Waals surface area contributed by atoms with Crippen molar-refractivity contribution >= 4 is 31.9 Å². The predicted octanol–water partition coefficient (Wildman–Crippen LogP) is 11.7. The molecular weight excluding hydrogens is 632 g/mol. The highest BCUT2D eigenvalue weighted by atomic mass is 79.9. The molecular formula is C37H74Br2N2+2. The van der Waals surface area contributed by atoms with Gasteiger partial charge in [-0.15, -0.1) is 0 Å². The van der Waals surface area contributed by atoms with Crippen LogP contribution >= 0.6 is 31.9 Å². The van der Waals surface area contributed by atoms with Crippen LogP contribution < -0.4 is 0 Å². The van der Waals surface area contributed by atoms with Crippen LogP contribution in [0.15, 0.2) is 0 Å². The van der Waals surface area contributed by atoms with Gasteiger partial charge in [-0.05, 0) is 76.0 Å². The summed E-state index contributed by atoms with van der Waals surface area (Å²) in [6.45, 7) is 8.69. The van der Waals surface area contributed by atoms with Crippen molar-refractivity contribution in [3.05, 3.63) is 0 Å². The molecule has 41 heavy (non-hydrogen) atoms. The Kier molecular flexibility index (Phi) is 22.4. The number of nitrogens with zero attached hydrogens (tertiary/aromatic N) is 2. The van der Waals surface area contributed by atoms with Crippen LogP contribution in [0.2, 0.25) is 0 Å². The number of quaternary nitrogens is 2. The normalized spacial score (nSPS) is 26.9. The summed E-state index contributed by atoms with van der Waals surface area (Å²) in [5.74, 6) is 2.06. The lowest BCUT2D eigenvalue weighted by molar-refractivity contribution is -0.915. The minimum absolute atomic E-state index is 1.03. The summed E-state index contributed by atoms with van der Waals surface area (Å²) in [5.41, 5.74) is 0. The van der Waals surface area contributed by atoms with Gasteiger partial charge in [0.05, 0.1) is 53.4 Å². The van der Waals surface area contributed by atoms with Crippen molar-refractivity contribution in [2.24, 2.45) is 11.8 Å². The molecule has 2 aliphatic rings. The number of hydrogen-bond donors (Lipinski definition) is 0. The molecule has 0 aromatic heterocycles. The fourth-order valence-corrected chi connectivity index (χ4v) is 8.65. The smallest absolute Gasteiger partial charge is 0.0787 e. The lowest BCUT2D eigenvalue weighted by Gasteiger charge is -2.41. The molecule has 0 aliphatic carbocycles. The number of halogens is 2. The van der Waals surface area contributed by atoms with E-state index in [0.29, 0.717) is 0 Å². The van der Waals surface area contributed by atoms with Crippen LogP contribution in [-0.2, 0) is 0 Å². The molecule has 2 aliphatic heterocycles. The van der Waals surface area contributed by atoms with E-state index < -0.39 is 0 Å². The molecule has 0 spiro atoms. The minimum atomic E-state index is 1.03. The second-order valence-electron chi connectivity index (χ2n) is 15.1. The topological polar surface area (TPSA) is 0 Å². The molecule has 2 rings (SSSR count). The highest BCUT2D eigenvalue weighted by Gasteiger charge is 2.31. The fraction of sp³-hybridized carbons (Fsp3) is 1.00. The summed E-state index contributed by atoms with van der Waals surface area (Å²) in [6.07, 6.45) is 36.6. The van der Waals surface area contributed by atoms with Crippen molar-refractivity contribution in [3.8, 4) is 0 Å². The lowest BCUT2D eigenvalue weighted by Crippen LogP contribution is -2.50. The van der Waals surface area contributed by atoms with Crippen molar-refractivity contribution in [1.82, 2.24) is 0 Å². The monoisotopic (exact) mass is 704 g/mol. The summed E-state index contributed by atoms with van der Waals surface area (Å²) in [4.78, 5) is 0. The van der Waals surface area contributed by atoms with Crippen LogP contribution in [0.3, 0.4) is 0 Å². The van der Waals surface area contributed by atoms with Crippen molar-refractivity contribution < 1.29 is 8.97 Å². The summed E-state index contributed by atoms with van der Waals surface area (Å²) in [7, 11) is 5.12. The molecule has 2 fully saturated rings. The fourth-order valence-electron chi connectivity index (χ4n) is 7.86. The van der Waals surface area contributed by atoms with E-state index in [-0.39, 0.29) is 0 Å². The lowest BCUT2D eigenvalue weighted by atomic mass is 9.86. The minimum Gasteiger partial charge on any atom is -0.326 e. The maximum atomic E-state index is 3.54. The van der Waals surface area contributed by atoms with E-state index in [9.17, 15) is 0 Å². The van der Waals surface area contributed by atoms with E-state index in [2.05, 4.69) is 46.0 Å². The van der Waals surface area contributed by atoms with Gasteiger partial charge >= 0.3 is 0 Å². The van der Waals surface area contributed by atoms with Gasteiger partial charge in [-0.2, -0.15) is 0 Å². The Morgan fingerprint density at radius 2 is 0.659 bits per heavy atom. The van der Waals surface area contributed by atoms with Gasteiger partial charge in [-0.25, -0.2) is 0 Å². The molecule has 0 amide bonds. The summed E-state index contributed by atoms with van der Waals surface area (Å²) >= 11 is 7.09. The highest BCUT2D eigenvalue weighted by molar-refractivity contribution is 9.09. The molecule has 0 aromatic carbocycles. The van der Waals surface area contributed by atoms with Gasteiger partial charge in [0, 0.05) is 10.7 Å². The quantitative estimate of drug-likeness (QED) is 0.0477. The van der Waals surface area contributed by atoms with Crippen molar-refractivity contribution in [2.45, 2.75) is 161 Å². The maximum Gasteiger partial charge on any atom is 0.0787 e. The zero-order valence-corrected chi connectivity index (χ0v) is 31.3. The number of piperidine rings is 2. The SMILES string of the molecule is C[N+]1(CCCCCCCCCCCBr)CCC(CCCC2CC[N+](C)(CCCCCCCCCCCBr)CC2)CC1. The van der Waals surface area contributed by atoms with Gasteiger partial charge in [0.15, 0.2) is 0 Å². The molecule has 244 valence electrons. The van der Waals surface area contributed by atoms with Gasteiger partial charge in [0.2, 0.25) is 0 Å². The second kappa shape index (κ2) is 24.2. The summed E-state index contributed by atoms with van der Waals surface area (Å²) in [5, 5.41) is 2.37. The van der Waals surface area contributed by atoms with E-state index in [4.69, 9.17) is 0 Å². The van der Waals surface area contributed by atoms with Crippen LogP contribution in [0.4, 0.5) is 0 Å². The highest BCUT2D eigenvalue weighted by Crippen LogP contribution is 2.31. The molecule has 0 radical (unpaired) electrons. The Bertz CT molecular complexity index is 531. The number of alkyl halides is 2.